The van der Waals surface area contributed by atoms with Crippen molar-refractivity contribution in [1.82, 2.24) is 9.21 Å². The largest absolute Gasteiger partial charge is 0.304 e. The van der Waals surface area contributed by atoms with Crippen LogP contribution < -0.4 is 0 Å². The normalized spacial score (nSPS) is 18.7. The molecule has 1 fully saturated rings. The summed E-state index contributed by atoms with van der Waals surface area (Å²) >= 11 is 3.37. The zero-order valence-electron chi connectivity index (χ0n) is 11.5. The van der Waals surface area contributed by atoms with Crippen LogP contribution in [0.15, 0.2) is 34.8 Å². The Morgan fingerprint density at radius 3 is 2.35 bits per heavy atom. The highest BCUT2D eigenvalue weighted by Crippen LogP contribution is 2.12. The molecule has 0 radical (unpaired) electrons. The summed E-state index contributed by atoms with van der Waals surface area (Å²) in [4.78, 5) is 2.14. The topological polar surface area (TPSA) is 40.6 Å². The van der Waals surface area contributed by atoms with Crippen LogP contribution in [0.25, 0.3) is 6.08 Å². The van der Waals surface area contributed by atoms with Gasteiger partial charge in [-0.2, -0.15) is 4.31 Å². The van der Waals surface area contributed by atoms with Gasteiger partial charge in [0.1, 0.15) is 0 Å². The van der Waals surface area contributed by atoms with Gasteiger partial charge >= 0.3 is 0 Å². The maximum atomic E-state index is 12.2. The fourth-order valence-corrected chi connectivity index (χ4v) is 3.59. The summed E-state index contributed by atoms with van der Waals surface area (Å²) in [6.45, 7) is 2.78. The lowest BCUT2D eigenvalue weighted by Crippen LogP contribution is -2.47. The summed E-state index contributed by atoms with van der Waals surface area (Å²) in [5, 5.41) is 0. The molecule has 1 heterocycles. The van der Waals surface area contributed by atoms with Gasteiger partial charge in [0.15, 0.2) is 0 Å². The van der Waals surface area contributed by atoms with Gasteiger partial charge in [0.25, 0.3) is 0 Å². The number of sulfonamides is 1. The molecule has 0 aliphatic carbocycles. The first-order chi connectivity index (χ1) is 9.47. The molecule has 6 heteroatoms. The highest BCUT2D eigenvalue weighted by molar-refractivity contribution is 9.10. The summed E-state index contributed by atoms with van der Waals surface area (Å²) < 4.78 is 27.0. The van der Waals surface area contributed by atoms with Crippen molar-refractivity contribution in [3.05, 3.63) is 40.4 Å². The summed E-state index contributed by atoms with van der Waals surface area (Å²) in [7, 11) is -1.16. The van der Waals surface area contributed by atoms with Crippen LogP contribution in [-0.4, -0.2) is 56.6 Å². The molecule has 0 unspecified atom stereocenters. The maximum absolute atomic E-state index is 12.2. The molecular formula is C14H19BrN2O2S. The first-order valence-corrected chi connectivity index (χ1v) is 8.96. The van der Waals surface area contributed by atoms with Crippen molar-refractivity contribution >= 4 is 32.0 Å². The fourth-order valence-electron chi connectivity index (χ4n) is 2.05. The lowest BCUT2D eigenvalue weighted by molar-refractivity contribution is 0.223. The van der Waals surface area contributed by atoms with Crippen molar-refractivity contribution in [2.45, 2.75) is 0 Å². The number of hydrogen-bond donors (Lipinski definition) is 0. The number of likely N-dealkylation sites (N-methyl/N-ethyl adjacent to an activating group) is 1. The zero-order chi connectivity index (χ0) is 14.6. The van der Waals surface area contributed by atoms with E-state index in [1.165, 1.54) is 0 Å². The van der Waals surface area contributed by atoms with Crippen LogP contribution in [0.2, 0.25) is 0 Å². The molecule has 0 aromatic heterocycles. The van der Waals surface area contributed by atoms with E-state index in [-0.39, 0.29) is 5.75 Å². The van der Waals surface area contributed by atoms with Gasteiger partial charge in [-0.25, -0.2) is 8.42 Å². The van der Waals surface area contributed by atoms with Crippen molar-refractivity contribution in [3.63, 3.8) is 0 Å². The van der Waals surface area contributed by atoms with Crippen molar-refractivity contribution in [2.75, 3.05) is 39.0 Å². The lowest BCUT2D eigenvalue weighted by Gasteiger charge is -2.31. The van der Waals surface area contributed by atoms with Gasteiger partial charge in [0, 0.05) is 30.7 Å². The molecule has 1 aromatic rings. The van der Waals surface area contributed by atoms with Crippen LogP contribution in [-0.2, 0) is 10.0 Å². The van der Waals surface area contributed by atoms with Crippen LogP contribution in [0.1, 0.15) is 5.56 Å². The van der Waals surface area contributed by atoms with E-state index in [1.54, 1.807) is 10.4 Å². The minimum Gasteiger partial charge on any atom is -0.304 e. The Balaban J connectivity index is 1.93. The highest BCUT2D eigenvalue weighted by Gasteiger charge is 2.24. The van der Waals surface area contributed by atoms with E-state index in [4.69, 9.17) is 0 Å². The predicted octanol–water partition coefficient (Wildman–Crippen LogP) is 2.04. The Hall–Kier alpha value is -0.690. The second kappa shape index (κ2) is 6.85. The second-order valence-corrected chi connectivity index (χ2v) is 7.86. The van der Waals surface area contributed by atoms with E-state index in [0.717, 1.165) is 23.1 Å². The molecule has 0 N–H and O–H groups in total. The Labute approximate surface area is 129 Å². The van der Waals surface area contributed by atoms with Gasteiger partial charge < -0.3 is 4.90 Å². The zero-order valence-corrected chi connectivity index (χ0v) is 13.9. The molecule has 4 nitrogen and oxygen atoms in total. The van der Waals surface area contributed by atoms with Gasteiger partial charge in [0.2, 0.25) is 10.0 Å². The Kier molecular flexibility index (Phi) is 5.37. The fraction of sp³-hybridized carbons (Fsp3) is 0.429. The van der Waals surface area contributed by atoms with Crippen LogP contribution in [0.3, 0.4) is 0 Å². The second-order valence-electron chi connectivity index (χ2n) is 4.93. The SMILES string of the molecule is CN1CCN(S(=O)(=O)CC=Cc2ccc(Br)cc2)CC1. The van der Waals surface area contributed by atoms with E-state index in [1.807, 2.05) is 37.4 Å². The first-order valence-electron chi connectivity index (χ1n) is 6.56. The van der Waals surface area contributed by atoms with Crippen molar-refractivity contribution < 1.29 is 8.42 Å². The Morgan fingerprint density at radius 1 is 1.15 bits per heavy atom. The quantitative estimate of drug-likeness (QED) is 0.826. The molecule has 0 saturated carbocycles. The van der Waals surface area contributed by atoms with Crippen molar-refractivity contribution in [3.8, 4) is 0 Å². The average molecular weight is 359 g/mol. The molecule has 1 aliphatic heterocycles. The molecule has 1 saturated heterocycles. The third-order valence-corrected chi connectivity index (χ3v) is 5.64. The maximum Gasteiger partial charge on any atom is 0.217 e. The predicted molar refractivity (Wildman–Crippen MR) is 86.0 cm³/mol. The number of halogens is 1. The highest BCUT2D eigenvalue weighted by atomic mass is 79.9. The minimum absolute atomic E-state index is 0.0623. The summed E-state index contributed by atoms with van der Waals surface area (Å²) in [5.74, 6) is 0.0623. The Morgan fingerprint density at radius 2 is 1.75 bits per heavy atom. The molecule has 0 spiro atoms. The number of benzene rings is 1. The lowest BCUT2D eigenvalue weighted by atomic mass is 10.2. The smallest absolute Gasteiger partial charge is 0.217 e. The molecule has 0 atom stereocenters. The van der Waals surface area contributed by atoms with E-state index in [2.05, 4.69) is 20.8 Å². The van der Waals surface area contributed by atoms with Gasteiger partial charge in [-0.3, -0.25) is 0 Å². The molecule has 0 amide bonds. The number of piperazine rings is 1. The summed E-state index contributed by atoms with van der Waals surface area (Å²) in [5.41, 5.74) is 1.00. The monoisotopic (exact) mass is 358 g/mol. The molecule has 20 heavy (non-hydrogen) atoms. The van der Waals surface area contributed by atoms with Gasteiger partial charge in [-0.05, 0) is 24.7 Å². The average Bonchev–Trinajstić information content (AvgIpc) is 2.41. The van der Waals surface area contributed by atoms with Gasteiger partial charge in [-0.15, -0.1) is 0 Å². The molecular weight excluding hydrogens is 340 g/mol. The third kappa shape index (κ3) is 4.41. The molecule has 1 aromatic carbocycles. The van der Waals surface area contributed by atoms with E-state index >= 15 is 0 Å². The Bertz CT molecular complexity index is 561. The first kappa shape index (κ1) is 15.7. The number of rotatable bonds is 4. The van der Waals surface area contributed by atoms with Crippen LogP contribution in [0.5, 0.6) is 0 Å². The number of nitrogens with zero attached hydrogens (tertiary/aromatic N) is 2. The third-order valence-electron chi connectivity index (χ3n) is 3.34. The summed E-state index contributed by atoms with van der Waals surface area (Å²) in [6, 6.07) is 7.77. The molecule has 0 bridgehead atoms. The van der Waals surface area contributed by atoms with Crippen LogP contribution >= 0.6 is 15.9 Å². The van der Waals surface area contributed by atoms with Crippen molar-refractivity contribution in [1.29, 1.82) is 0 Å². The van der Waals surface area contributed by atoms with Gasteiger partial charge in [0.05, 0.1) is 5.75 Å². The number of hydrogen-bond acceptors (Lipinski definition) is 3. The van der Waals surface area contributed by atoms with E-state index in [9.17, 15) is 8.42 Å². The summed E-state index contributed by atoms with van der Waals surface area (Å²) in [6.07, 6.45) is 3.57. The van der Waals surface area contributed by atoms with Crippen LogP contribution in [0.4, 0.5) is 0 Å². The van der Waals surface area contributed by atoms with E-state index in [0.29, 0.717) is 13.1 Å². The molecule has 1 aliphatic rings. The standard InChI is InChI=1S/C14H19BrN2O2S/c1-16-8-10-17(11-9-16)20(18,19)12-2-3-13-4-6-14(15)7-5-13/h2-7H,8-12H2,1H3. The molecule has 2 rings (SSSR count). The molecule has 110 valence electrons. The minimum atomic E-state index is -3.17. The van der Waals surface area contributed by atoms with Crippen LogP contribution in [0, 0.1) is 0 Å². The van der Waals surface area contributed by atoms with Gasteiger partial charge in [-0.1, -0.05) is 40.2 Å². The van der Waals surface area contributed by atoms with E-state index < -0.39 is 10.0 Å². The van der Waals surface area contributed by atoms with Crippen molar-refractivity contribution in [2.24, 2.45) is 0 Å².